The largest absolute Gasteiger partial charge is 0.489 e. The maximum atomic E-state index is 10.6. The molecule has 0 aromatic heterocycles. The second-order valence-electron chi connectivity index (χ2n) is 4.63. The van der Waals surface area contributed by atoms with E-state index in [2.05, 4.69) is 0 Å². The number of hydrogen-bond acceptors (Lipinski definition) is 3. The van der Waals surface area contributed by atoms with Gasteiger partial charge >= 0.3 is 5.97 Å². The van der Waals surface area contributed by atoms with Gasteiger partial charge in [0.25, 0.3) is 0 Å². The number of carboxylic acids is 1. The van der Waals surface area contributed by atoms with Gasteiger partial charge in [-0.25, -0.2) is 4.79 Å². The number of carboxylic acid groups (broad SMARTS) is 1. The number of hydrogen-bond donors (Lipinski definition) is 1. The van der Waals surface area contributed by atoms with Crippen LogP contribution >= 0.6 is 34.8 Å². The van der Waals surface area contributed by atoms with Crippen molar-refractivity contribution in [3.63, 3.8) is 0 Å². The van der Waals surface area contributed by atoms with Crippen molar-refractivity contribution in [1.29, 1.82) is 0 Å². The molecule has 7 heteroatoms. The molecule has 0 radical (unpaired) electrons. The van der Waals surface area contributed by atoms with E-state index >= 15 is 0 Å². The van der Waals surface area contributed by atoms with Crippen LogP contribution in [0.25, 0.3) is 6.08 Å². The van der Waals surface area contributed by atoms with Gasteiger partial charge in [0.2, 0.25) is 0 Å². The summed E-state index contributed by atoms with van der Waals surface area (Å²) in [7, 11) is 0. The Morgan fingerprint density at radius 3 is 2.29 bits per heavy atom. The van der Waals surface area contributed by atoms with Crippen LogP contribution in [-0.4, -0.2) is 24.3 Å². The van der Waals surface area contributed by atoms with Crippen LogP contribution in [0.5, 0.6) is 11.5 Å². The van der Waals surface area contributed by atoms with Crippen molar-refractivity contribution >= 4 is 46.8 Å². The molecule has 0 aliphatic carbocycles. The molecule has 1 N–H and O–H groups in total. The van der Waals surface area contributed by atoms with Crippen molar-refractivity contribution in [3.05, 3.63) is 63.1 Å². The molecule has 0 saturated heterocycles. The van der Waals surface area contributed by atoms with Crippen LogP contribution in [-0.2, 0) is 4.79 Å². The number of aliphatic carboxylic acids is 1. The summed E-state index contributed by atoms with van der Waals surface area (Å²) in [5.74, 6) is -0.0904. The average Bonchev–Trinajstić information content (AvgIpc) is 2.54. The lowest BCUT2D eigenvalue weighted by molar-refractivity contribution is -0.131. The van der Waals surface area contributed by atoms with E-state index < -0.39 is 5.97 Å². The van der Waals surface area contributed by atoms with Crippen molar-refractivity contribution in [2.24, 2.45) is 0 Å². The fraction of sp³-hybridized carbons (Fsp3) is 0.118. The fourth-order valence-electron chi connectivity index (χ4n) is 1.83. The maximum absolute atomic E-state index is 10.6. The van der Waals surface area contributed by atoms with E-state index in [9.17, 15) is 4.79 Å². The van der Waals surface area contributed by atoms with Gasteiger partial charge in [-0.1, -0.05) is 34.8 Å². The van der Waals surface area contributed by atoms with Gasteiger partial charge in [0.15, 0.2) is 0 Å². The summed E-state index contributed by atoms with van der Waals surface area (Å²) in [5.41, 5.74) is 0.561. The molecule has 0 saturated carbocycles. The lowest BCUT2D eigenvalue weighted by Gasteiger charge is -2.11. The van der Waals surface area contributed by atoms with Crippen molar-refractivity contribution in [3.8, 4) is 11.5 Å². The summed E-state index contributed by atoms with van der Waals surface area (Å²) >= 11 is 17.8. The molecule has 2 rings (SSSR count). The van der Waals surface area contributed by atoms with Crippen LogP contribution < -0.4 is 9.47 Å². The van der Waals surface area contributed by atoms with Crippen molar-refractivity contribution in [2.45, 2.75) is 0 Å². The zero-order valence-electron chi connectivity index (χ0n) is 12.3. The number of ether oxygens (including phenoxy) is 2. The number of halogens is 3. The molecule has 0 aliphatic rings. The summed E-state index contributed by atoms with van der Waals surface area (Å²) in [5, 5.41) is 10.2. The molecular formula is C17H13Cl3O4. The molecule has 0 heterocycles. The highest BCUT2D eigenvalue weighted by Crippen LogP contribution is 2.28. The Morgan fingerprint density at radius 1 is 0.958 bits per heavy atom. The Hall–Kier alpha value is -1.88. The molecule has 2 aromatic carbocycles. The van der Waals surface area contributed by atoms with Gasteiger partial charge in [0, 0.05) is 27.8 Å². The zero-order valence-corrected chi connectivity index (χ0v) is 14.6. The first-order chi connectivity index (χ1) is 11.5. The monoisotopic (exact) mass is 386 g/mol. The summed E-state index contributed by atoms with van der Waals surface area (Å²) in [6.45, 7) is 0.475. The van der Waals surface area contributed by atoms with Crippen LogP contribution in [0, 0.1) is 0 Å². The predicted molar refractivity (Wildman–Crippen MR) is 95.6 cm³/mol. The molecule has 2 aromatic rings. The summed E-state index contributed by atoms with van der Waals surface area (Å²) < 4.78 is 11.1. The minimum absolute atomic E-state index is 0.235. The topological polar surface area (TPSA) is 55.8 Å². The lowest BCUT2D eigenvalue weighted by atomic mass is 10.2. The molecule has 24 heavy (non-hydrogen) atoms. The standard InChI is InChI=1S/C17H13Cl3O4/c18-12-3-5-15(11(9-12)1-6-17(21)22)23-7-8-24-16-10-13(19)2-4-14(16)20/h1-6,9-10H,7-8H2,(H,21,22). The first kappa shape index (κ1) is 18.5. The van der Waals surface area contributed by atoms with Crippen LogP contribution in [0.1, 0.15) is 5.56 Å². The Kier molecular flexibility index (Phi) is 6.79. The van der Waals surface area contributed by atoms with E-state index in [1.807, 2.05) is 0 Å². The molecule has 0 aliphatic heterocycles. The van der Waals surface area contributed by atoms with E-state index in [0.29, 0.717) is 32.1 Å². The predicted octanol–water partition coefficient (Wildman–Crippen LogP) is 5.20. The Morgan fingerprint density at radius 2 is 1.58 bits per heavy atom. The average molecular weight is 388 g/mol. The highest BCUT2D eigenvalue weighted by atomic mass is 35.5. The second kappa shape index (κ2) is 8.83. The Balaban J connectivity index is 1.97. The van der Waals surface area contributed by atoms with Crippen LogP contribution in [0.15, 0.2) is 42.5 Å². The highest BCUT2D eigenvalue weighted by Gasteiger charge is 2.05. The Bertz CT molecular complexity index is 759. The first-order valence-corrected chi connectivity index (χ1v) is 8.00. The van der Waals surface area contributed by atoms with Gasteiger partial charge in [-0.2, -0.15) is 0 Å². The van der Waals surface area contributed by atoms with E-state index in [1.165, 1.54) is 6.08 Å². The number of rotatable bonds is 7. The third-order valence-electron chi connectivity index (χ3n) is 2.87. The summed E-state index contributed by atoms with van der Waals surface area (Å²) in [6, 6.07) is 9.87. The van der Waals surface area contributed by atoms with Crippen LogP contribution in [0.4, 0.5) is 0 Å². The fourth-order valence-corrected chi connectivity index (χ4v) is 2.35. The molecular weight excluding hydrogens is 375 g/mol. The molecule has 0 bridgehead atoms. The molecule has 0 atom stereocenters. The van der Waals surface area contributed by atoms with Gasteiger partial charge in [0.05, 0.1) is 5.02 Å². The molecule has 4 nitrogen and oxygen atoms in total. The van der Waals surface area contributed by atoms with Gasteiger partial charge in [-0.3, -0.25) is 0 Å². The molecule has 126 valence electrons. The smallest absolute Gasteiger partial charge is 0.328 e. The van der Waals surface area contributed by atoms with Crippen LogP contribution in [0.3, 0.4) is 0 Å². The second-order valence-corrected chi connectivity index (χ2v) is 5.91. The number of carbonyl (C=O) groups is 1. The zero-order chi connectivity index (χ0) is 17.5. The summed E-state index contributed by atoms with van der Waals surface area (Å²) in [6.07, 6.45) is 2.43. The molecule has 0 unspecified atom stereocenters. The highest BCUT2D eigenvalue weighted by molar-refractivity contribution is 6.34. The molecule has 0 fully saturated rings. The number of benzene rings is 2. The third-order valence-corrected chi connectivity index (χ3v) is 3.65. The van der Waals surface area contributed by atoms with Gasteiger partial charge in [-0.05, 0) is 36.4 Å². The molecule has 0 amide bonds. The minimum atomic E-state index is -1.06. The van der Waals surface area contributed by atoms with E-state index in [4.69, 9.17) is 49.4 Å². The molecule has 0 spiro atoms. The maximum Gasteiger partial charge on any atom is 0.328 e. The van der Waals surface area contributed by atoms with Gasteiger partial charge < -0.3 is 14.6 Å². The van der Waals surface area contributed by atoms with Crippen LogP contribution in [0.2, 0.25) is 15.1 Å². The van der Waals surface area contributed by atoms with Gasteiger partial charge in [0.1, 0.15) is 24.7 Å². The lowest BCUT2D eigenvalue weighted by Crippen LogP contribution is -2.09. The third kappa shape index (κ3) is 5.64. The van der Waals surface area contributed by atoms with Gasteiger partial charge in [-0.15, -0.1) is 0 Å². The van der Waals surface area contributed by atoms with Crippen molar-refractivity contribution in [2.75, 3.05) is 13.2 Å². The Labute approximate surface area is 154 Å². The van der Waals surface area contributed by atoms with E-state index in [1.54, 1.807) is 36.4 Å². The summed E-state index contributed by atoms with van der Waals surface area (Å²) in [4.78, 5) is 10.6. The quantitative estimate of drug-likeness (QED) is 0.524. The first-order valence-electron chi connectivity index (χ1n) is 6.87. The van der Waals surface area contributed by atoms with Crippen molar-refractivity contribution < 1.29 is 19.4 Å². The van der Waals surface area contributed by atoms with Crippen molar-refractivity contribution in [1.82, 2.24) is 0 Å². The minimum Gasteiger partial charge on any atom is -0.489 e. The SMILES string of the molecule is O=C(O)C=Cc1cc(Cl)ccc1OCCOc1cc(Cl)ccc1Cl. The normalized spacial score (nSPS) is 10.8. The van der Waals surface area contributed by atoms with E-state index in [-0.39, 0.29) is 13.2 Å². The van der Waals surface area contributed by atoms with E-state index in [0.717, 1.165) is 6.08 Å².